The van der Waals surface area contributed by atoms with E-state index >= 15 is 0 Å². The monoisotopic (exact) mass is 256 g/mol. The molecule has 0 aromatic heterocycles. The molecule has 2 aromatic rings. The Morgan fingerprint density at radius 1 is 1.00 bits per heavy atom. The molecule has 0 N–H and O–H groups in total. The quantitative estimate of drug-likeness (QED) is 0.757. The van der Waals surface area contributed by atoms with Crippen LogP contribution in [0.5, 0.6) is 5.75 Å². The maximum Gasteiger partial charge on any atom is 0.298 e. The van der Waals surface area contributed by atoms with E-state index in [1.807, 2.05) is 6.07 Å². The summed E-state index contributed by atoms with van der Waals surface area (Å²) in [7, 11) is 0. The van der Waals surface area contributed by atoms with Gasteiger partial charge < -0.3 is 4.74 Å². The molecule has 1 unspecified atom stereocenters. The fraction of sp³-hybridized carbons (Fsp3) is 0.235. The van der Waals surface area contributed by atoms with E-state index in [0.717, 1.165) is 0 Å². The molecule has 0 bridgehead atoms. The lowest BCUT2D eigenvalue weighted by atomic mass is 9.99. The second-order valence-electron chi connectivity index (χ2n) is 4.25. The van der Waals surface area contributed by atoms with Gasteiger partial charge in [-0.1, -0.05) is 62.4 Å². The first-order valence-electron chi connectivity index (χ1n) is 6.48. The van der Waals surface area contributed by atoms with E-state index in [-0.39, 0.29) is 0 Å². The number of hydrogen-bond donors (Lipinski definition) is 0. The highest BCUT2D eigenvalue weighted by atomic mass is 16.5. The Morgan fingerprint density at radius 3 is 2.00 bits per heavy atom. The summed E-state index contributed by atoms with van der Waals surface area (Å²) >= 11 is 0. The van der Waals surface area contributed by atoms with Crippen molar-refractivity contribution in [1.82, 2.24) is 0 Å². The van der Waals surface area contributed by atoms with E-state index in [2.05, 4.69) is 48.9 Å². The Kier molecular flexibility index (Phi) is 7.03. The van der Waals surface area contributed by atoms with E-state index in [9.17, 15) is 4.79 Å². The third kappa shape index (κ3) is 5.87. The van der Waals surface area contributed by atoms with Crippen LogP contribution in [0.15, 0.2) is 60.7 Å². The molecule has 0 spiro atoms. The van der Waals surface area contributed by atoms with E-state index in [1.165, 1.54) is 12.0 Å². The highest BCUT2D eigenvalue weighted by Gasteiger charge is 1.98. The van der Waals surface area contributed by atoms with E-state index < -0.39 is 0 Å². The van der Waals surface area contributed by atoms with Crippen LogP contribution in [-0.2, 0) is 4.79 Å². The van der Waals surface area contributed by atoms with Gasteiger partial charge in [0.15, 0.2) is 0 Å². The fourth-order valence-electron chi connectivity index (χ4n) is 1.57. The van der Waals surface area contributed by atoms with E-state index in [1.54, 1.807) is 24.3 Å². The largest absolute Gasteiger partial charge is 0.429 e. The predicted octanol–water partition coefficient (Wildman–Crippen LogP) is 4.42. The molecule has 0 saturated carbocycles. The van der Waals surface area contributed by atoms with Gasteiger partial charge in [0.1, 0.15) is 5.75 Å². The van der Waals surface area contributed by atoms with Gasteiger partial charge in [0.05, 0.1) is 0 Å². The number of ether oxygens (including phenoxy) is 1. The molecule has 0 aliphatic heterocycles. The molecule has 0 saturated heterocycles. The predicted molar refractivity (Wildman–Crippen MR) is 78.3 cm³/mol. The van der Waals surface area contributed by atoms with Crippen molar-refractivity contribution < 1.29 is 9.53 Å². The molecule has 0 radical (unpaired) electrons. The van der Waals surface area contributed by atoms with Crippen molar-refractivity contribution in [3.8, 4) is 5.75 Å². The lowest BCUT2D eigenvalue weighted by molar-refractivity contribution is -0.120. The van der Waals surface area contributed by atoms with Crippen LogP contribution < -0.4 is 4.74 Å². The van der Waals surface area contributed by atoms with Crippen molar-refractivity contribution in [1.29, 1.82) is 0 Å². The number of para-hydroxylation sites is 1. The standard InChI is InChI=1S/C10H14.C7H6O2/c1-3-9(2)10-7-5-4-6-8-10;8-6-9-7-4-2-1-3-5-7/h4-9H,3H2,1-2H3;1-6H. The van der Waals surface area contributed by atoms with Gasteiger partial charge in [0.2, 0.25) is 0 Å². The average Bonchev–Trinajstić information content (AvgIpc) is 2.49. The summed E-state index contributed by atoms with van der Waals surface area (Å²) in [5.41, 5.74) is 1.45. The molecule has 0 aliphatic rings. The maximum atomic E-state index is 9.75. The molecule has 1 atom stereocenters. The molecule has 2 rings (SSSR count). The van der Waals surface area contributed by atoms with Gasteiger partial charge >= 0.3 is 0 Å². The lowest BCUT2D eigenvalue weighted by Crippen LogP contribution is -1.88. The molecule has 0 heterocycles. The van der Waals surface area contributed by atoms with Crippen molar-refractivity contribution in [3.63, 3.8) is 0 Å². The third-order valence-electron chi connectivity index (χ3n) is 2.91. The summed E-state index contributed by atoms with van der Waals surface area (Å²) in [6, 6.07) is 19.5. The topological polar surface area (TPSA) is 26.3 Å². The Balaban J connectivity index is 0.000000191. The third-order valence-corrected chi connectivity index (χ3v) is 2.91. The summed E-state index contributed by atoms with van der Waals surface area (Å²) in [6.07, 6.45) is 1.23. The van der Waals surface area contributed by atoms with Crippen LogP contribution >= 0.6 is 0 Å². The lowest BCUT2D eigenvalue weighted by Gasteiger charge is -2.06. The molecule has 100 valence electrons. The molecule has 19 heavy (non-hydrogen) atoms. The van der Waals surface area contributed by atoms with Crippen molar-refractivity contribution in [3.05, 3.63) is 66.2 Å². The molecule has 2 aromatic carbocycles. The highest BCUT2D eigenvalue weighted by molar-refractivity contribution is 5.44. The number of rotatable bonds is 4. The first-order valence-corrected chi connectivity index (χ1v) is 6.48. The minimum atomic E-state index is 0.412. The van der Waals surface area contributed by atoms with Gasteiger partial charge in [-0.15, -0.1) is 0 Å². The highest BCUT2D eigenvalue weighted by Crippen LogP contribution is 2.16. The van der Waals surface area contributed by atoms with E-state index in [4.69, 9.17) is 0 Å². The summed E-state index contributed by atoms with van der Waals surface area (Å²) in [5.74, 6) is 1.29. The summed E-state index contributed by atoms with van der Waals surface area (Å²) in [6.45, 7) is 4.89. The second kappa shape index (κ2) is 8.92. The van der Waals surface area contributed by atoms with Crippen molar-refractivity contribution in [2.75, 3.05) is 0 Å². The Bertz CT molecular complexity index is 451. The Hall–Kier alpha value is -2.09. The van der Waals surface area contributed by atoms with Crippen LogP contribution in [0.4, 0.5) is 0 Å². The zero-order chi connectivity index (χ0) is 13.9. The van der Waals surface area contributed by atoms with Crippen molar-refractivity contribution in [2.45, 2.75) is 26.2 Å². The molecular formula is C17H20O2. The fourth-order valence-corrected chi connectivity index (χ4v) is 1.57. The van der Waals surface area contributed by atoms with Gasteiger partial charge in [0, 0.05) is 0 Å². The van der Waals surface area contributed by atoms with Gasteiger partial charge in [0.25, 0.3) is 6.47 Å². The zero-order valence-corrected chi connectivity index (χ0v) is 11.5. The SMILES string of the molecule is CCC(C)c1ccccc1.O=COc1ccccc1. The average molecular weight is 256 g/mol. The number of hydrogen-bond acceptors (Lipinski definition) is 2. The van der Waals surface area contributed by atoms with Crippen LogP contribution in [0.2, 0.25) is 0 Å². The summed E-state index contributed by atoms with van der Waals surface area (Å²) < 4.78 is 4.53. The zero-order valence-electron chi connectivity index (χ0n) is 11.5. The van der Waals surface area contributed by atoms with Crippen LogP contribution in [0.3, 0.4) is 0 Å². The molecule has 0 fully saturated rings. The summed E-state index contributed by atoms with van der Waals surface area (Å²) in [5, 5.41) is 0. The van der Waals surface area contributed by atoms with E-state index in [0.29, 0.717) is 18.1 Å². The summed E-state index contributed by atoms with van der Waals surface area (Å²) in [4.78, 5) is 9.75. The number of benzene rings is 2. The van der Waals surface area contributed by atoms with Gasteiger partial charge in [-0.2, -0.15) is 0 Å². The minimum Gasteiger partial charge on any atom is -0.429 e. The normalized spacial score (nSPS) is 10.8. The van der Waals surface area contributed by atoms with Crippen LogP contribution in [0, 0.1) is 0 Å². The van der Waals surface area contributed by atoms with Crippen molar-refractivity contribution >= 4 is 6.47 Å². The Morgan fingerprint density at radius 2 is 1.53 bits per heavy atom. The Labute approximate surface area is 115 Å². The van der Waals surface area contributed by atoms with Crippen molar-refractivity contribution in [2.24, 2.45) is 0 Å². The number of carbonyl (C=O) groups is 1. The molecule has 2 heteroatoms. The van der Waals surface area contributed by atoms with Gasteiger partial charge in [-0.3, -0.25) is 4.79 Å². The molecule has 0 aliphatic carbocycles. The molecular weight excluding hydrogens is 236 g/mol. The van der Waals surface area contributed by atoms with Gasteiger partial charge in [-0.25, -0.2) is 0 Å². The smallest absolute Gasteiger partial charge is 0.298 e. The van der Waals surface area contributed by atoms with Crippen LogP contribution in [0.1, 0.15) is 31.7 Å². The number of carbonyl (C=O) groups excluding carboxylic acids is 1. The maximum absolute atomic E-state index is 9.75. The van der Waals surface area contributed by atoms with Gasteiger partial charge in [-0.05, 0) is 30.0 Å². The first-order chi connectivity index (χ1) is 9.27. The second-order valence-corrected chi connectivity index (χ2v) is 4.25. The first kappa shape index (κ1) is 15.0. The van der Waals surface area contributed by atoms with Crippen LogP contribution in [0.25, 0.3) is 0 Å². The van der Waals surface area contributed by atoms with Crippen LogP contribution in [-0.4, -0.2) is 6.47 Å². The molecule has 2 nitrogen and oxygen atoms in total. The molecule has 0 amide bonds. The minimum absolute atomic E-state index is 0.412.